The van der Waals surface area contributed by atoms with Crippen LogP contribution in [0.3, 0.4) is 0 Å². The Morgan fingerprint density at radius 3 is 2.88 bits per heavy atom. The van der Waals surface area contributed by atoms with Gasteiger partial charge in [0.15, 0.2) is 5.13 Å². The predicted octanol–water partition coefficient (Wildman–Crippen LogP) is 4.06. The Bertz CT molecular complexity index is 905. The summed E-state index contributed by atoms with van der Waals surface area (Å²) < 4.78 is 12.9. The number of anilines is 2. The molecule has 1 aromatic heterocycles. The van der Waals surface area contributed by atoms with Crippen LogP contribution in [0.5, 0.6) is 0 Å². The van der Waals surface area contributed by atoms with E-state index in [0.717, 1.165) is 33.2 Å². The fourth-order valence-electron chi connectivity index (χ4n) is 2.66. The second-order valence-corrected chi connectivity index (χ2v) is 6.47. The second kappa shape index (κ2) is 6.05. The molecule has 0 spiro atoms. The minimum Gasteiger partial charge on any atom is -0.357 e. The smallest absolute Gasteiger partial charge is 0.228 e. The van der Waals surface area contributed by atoms with Crippen LogP contribution in [0.25, 0.3) is 11.3 Å². The molecule has 0 aliphatic carbocycles. The summed E-state index contributed by atoms with van der Waals surface area (Å²) >= 11 is 1.52. The molecule has 4 nitrogen and oxygen atoms in total. The summed E-state index contributed by atoms with van der Waals surface area (Å²) in [5, 5.41) is 8.87. The summed E-state index contributed by atoms with van der Waals surface area (Å²) in [6.45, 7) is 0.593. The fraction of sp³-hybridized carbons (Fsp3) is 0.111. The number of benzene rings is 2. The van der Waals surface area contributed by atoms with E-state index in [1.54, 1.807) is 12.1 Å². The van der Waals surface area contributed by atoms with Crippen LogP contribution in [-0.4, -0.2) is 10.9 Å². The molecule has 3 aromatic rings. The number of halogens is 1. The zero-order chi connectivity index (χ0) is 16.5. The van der Waals surface area contributed by atoms with E-state index in [0.29, 0.717) is 13.0 Å². The van der Waals surface area contributed by atoms with E-state index in [4.69, 9.17) is 0 Å². The Morgan fingerprint density at radius 2 is 2.04 bits per heavy atom. The summed E-state index contributed by atoms with van der Waals surface area (Å²) in [5.74, 6) is -0.207. The number of thiazole rings is 1. The first-order valence-electron chi connectivity index (χ1n) is 7.54. The van der Waals surface area contributed by atoms with Crippen molar-refractivity contribution in [3.8, 4) is 11.3 Å². The maximum Gasteiger partial charge on any atom is 0.228 e. The Kier molecular flexibility index (Phi) is 3.74. The molecule has 0 saturated heterocycles. The quantitative estimate of drug-likeness (QED) is 0.754. The van der Waals surface area contributed by atoms with E-state index in [1.807, 2.05) is 23.6 Å². The lowest BCUT2D eigenvalue weighted by atomic mass is 10.1. The van der Waals surface area contributed by atoms with Gasteiger partial charge in [0.25, 0.3) is 0 Å². The van der Waals surface area contributed by atoms with Crippen LogP contribution in [0, 0.1) is 5.82 Å². The normalized spacial score (nSPS) is 12.8. The van der Waals surface area contributed by atoms with Gasteiger partial charge in [0.1, 0.15) is 5.82 Å². The third kappa shape index (κ3) is 3.00. The van der Waals surface area contributed by atoms with Gasteiger partial charge in [-0.1, -0.05) is 18.2 Å². The maximum atomic E-state index is 12.9. The van der Waals surface area contributed by atoms with E-state index in [-0.39, 0.29) is 11.7 Å². The van der Waals surface area contributed by atoms with E-state index in [1.165, 1.54) is 23.5 Å². The van der Waals surface area contributed by atoms with Gasteiger partial charge in [0, 0.05) is 23.2 Å². The lowest BCUT2D eigenvalue weighted by Crippen LogP contribution is -2.03. The summed E-state index contributed by atoms with van der Waals surface area (Å²) in [4.78, 5) is 16.0. The van der Waals surface area contributed by atoms with Gasteiger partial charge in [-0.25, -0.2) is 9.37 Å². The van der Waals surface area contributed by atoms with Crippen molar-refractivity contribution in [2.45, 2.75) is 13.0 Å². The summed E-state index contributed by atoms with van der Waals surface area (Å²) in [5.41, 5.74) is 4.76. The van der Waals surface area contributed by atoms with Crippen LogP contribution in [0.4, 0.5) is 15.2 Å². The third-order valence-electron chi connectivity index (χ3n) is 3.89. The van der Waals surface area contributed by atoms with Crippen molar-refractivity contribution in [3.63, 3.8) is 0 Å². The Hall–Kier alpha value is -2.73. The zero-order valence-electron chi connectivity index (χ0n) is 12.7. The minimum atomic E-state index is -0.236. The average molecular weight is 339 g/mol. The highest BCUT2D eigenvalue weighted by atomic mass is 32.1. The number of carbonyl (C=O) groups is 1. The van der Waals surface area contributed by atoms with Crippen LogP contribution in [0.15, 0.2) is 47.8 Å². The van der Waals surface area contributed by atoms with Gasteiger partial charge in [-0.05, 0) is 35.4 Å². The number of carbonyl (C=O) groups excluding carboxylic acids is 1. The highest BCUT2D eigenvalue weighted by molar-refractivity contribution is 7.14. The molecule has 1 amide bonds. The molecule has 24 heavy (non-hydrogen) atoms. The van der Waals surface area contributed by atoms with E-state index in [2.05, 4.69) is 15.6 Å². The van der Waals surface area contributed by atoms with E-state index >= 15 is 0 Å². The standard InChI is InChI=1S/C18H14FN3OS/c19-14-4-1-11(2-5-14)9-20-18-22-16(10-24-18)12-3-6-15-13(7-12)8-17(23)21-15/h1-7,10H,8-9H2,(H,20,22)(H,21,23). The molecular formula is C18H14FN3OS. The molecule has 4 rings (SSSR count). The van der Waals surface area contributed by atoms with Gasteiger partial charge in [-0.15, -0.1) is 11.3 Å². The van der Waals surface area contributed by atoms with Gasteiger partial charge >= 0.3 is 0 Å². The number of aromatic nitrogens is 1. The first-order valence-corrected chi connectivity index (χ1v) is 8.42. The highest BCUT2D eigenvalue weighted by Crippen LogP contribution is 2.30. The van der Waals surface area contributed by atoms with Gasteiger partial charge in [0.05, 0.1) is 12.1 Å². The van der Waals surface area contributed by atoms with Crippen LogP contribution < -0.4 is 10.6 Å². The van der Waals surface area contributed by atoms with Gasteiger partial charge < -0.3 is 10.6 Å². The first kappa shape index (κ1) is 14.8. The van der Waals surface area contributed by atoms with Crippen molar-refractivity contribution in [1.82, 2.24) is 4.98 Å². The Labute approximate surface area is 142 Å². The fourth-order valence-corrected chi connectivity index (χ4v) is 3.37. The van der Waals surface area contributed by atoms with Crippen molar-refractivity contribution in [3.05, 3.63) is 64.8 Å². The van der Waals surface area contributed by atoms with Crippen LogP contribution >= 0.6 is 11.3 Å². The summed E-state index contributed by atoms with van der Waals surface area (Å²) in [7, 11) is 0. The molecular weight excluding hydrogens is 325 g/mol. The van der Waals surface area contributed by atoms with E-state index in [9.17, 15) is 9.18 Å². The van der Waals surface area contributed by atoms with Gasteiger partial charge in [0.2, 0.25) is 5.91 Å². The number of amides is 1. The second-order valence-electron chi connectivity index (χ2n) is 5.61. The monoisotopic (exact) mass is 339 g/mol. The summed E-state index contributed by atoms with van der Waals surface area (Å²) in [6.07, 6.45) is 0.420. The largest absolute Gasteiger partial charge is 0.357 e. The van der Waals surface area contributed by atoms with Crippen LogP contribution in [0.1, 0.15) is 11.1 Å². The molecule has 2 N–H and O–H groups in total. The molecule has 0 bridgehead atoms. The molecule has 1 aliphatic heterocycles. The van der Waals surface area contributed by atoms with Gasteiger partial charge in [-0.2, -0.15) is 0 Å². The first-order chi connectivity index (χ1) is 11.7. The molecule has 2 heterocycles. The Morgan fingerprint density at radius 1 is 1.21 bits per heavy atom. The molecule has 0 atom stereocenters. The Balaban J connectivity index is 1.48. The minimum absolute atomic E-state index is 0.0297. The lowest BCUT2D eigenvalue weighted by molar-refractivity contribution is -0.115. The molecule has 1 aliphatic rings. The van der Waals surface area contributed by atoms with Gasteiger partial charge in [-0.3, -0.25) is 4.79 Å². The number of nitrogens with one attached hydrogen (secondary N) is 2. The lowest BCUT2D eigenvalue weighted by Gasteiger charge is -2.03. The number of hydrogen-bond acceptors (Lipinski definition) is 4. The van der Waals surface area contributed by atoms with E-state index < -0.39 is 0 Å². The van der Waals surface area contributed by atoms with Crippen molar-refractivity contribution in [2.75, 3.05) is 10.6 Å². The molecule has 0 fully saturated rings. The average Bonchev–Trinajstić information content (AvgIpc) is 3.19. The molecule has 2 aromatic carbocycles. The molecule has 0 saturated carbocycles. The predicted molar refractivity (Wildman–Crippen MR) is 93.6 cm³/mol. The van der Waals surface area contributed by atoms with Crippen molar-refractivity contribution in [1.29, 1.82) is 0 Å². The number of nitrogens with zero attached hydrogens (tertiary/aromatic N) is 1. The third-order valence-corrected chi connectivity index (χ3v) is 4.69. The van der Waals surface area contributed by atoms with Crippen molar-refractivity contribution >= 4 is 28.1 Å². The van der Waals surface area contributed by atoms with Crippen molar-refractivity contribution < 1.29 is 9.18 Å². The maximum absolute atomic E-state index is 12.9. The molecule has 0 radical (unpaired) electrons. The molecule has 0 unspecified atom stereocenters. The highest BCUT2D eigenvalue weighted by Gasteiger charge is 2.18. The van der Waals surface area contributed by atoms with Crippen LogP contribution in [0.2, 0.25) is 0 Å². The zero-order valence-corrected chi connectivity index (χ0v) is 13.5. The summed E-state index contributed by atoms with van der Waals surface area (Å²) in [6, 6.07) is 12.3. The molecule has 120 valence electrons. The number of hydrogen-bond donors (Lipinski definition) is 2. The van der Waals surface area contributed by atoms with Crippen molar-refractivity contribution in [2.24, 2.45) is 0 Å². The SMILES string of the molecule is O=C1Cc2cc(-c3csc(NCc4ccc(F)cc4)n3)ccc2N1. The van der Waals surface area contributed by atoms with Crippen LogP contribution in [-0.2, 0) is 17.8 Å². The number of rotatable bonds is 4. The number of fused-ring (bicyclic) bond motifs is 1. The topological polar surface area (TPSA) is 54.0 Å². The molecule has 6 heteroatoms.